The molecule has 4 aromatic rings. The third kappa shape index (κ3) is 7.24. The van der Waals surface area contributed by atoms with Crippen LogP contribution in [0, 0.1) is 74.2 Å². The number of aryl methyl sites for hydroxylation is 2. The van der Waals surface area contributed by atoms with Crippen LogP contribution in [0.2, 0.25) is 0 Å². The fraction of sp³-hybridized carbons (Fsp3) is 0.391. The normalized spacial score (nSPS) is 18.3. The van der Waals surface area contributed by atoms with Gasteiger partial charge in [-0.1, -0.05) is 0 Å². The summed E-state index contributed by atoms with van der Waals surface area (Å²) in [5.41, 5.74) is 0.703. The molecular formula is C46H50F8N6Ti. The van der Waals surface area contributed by atoms with Crippen LogP contribution in [-0.2, 0) is 29.7 Å². The van der Waals surface area contributed by atoms with Gasteiger partial charge in [0.2, 0.25) is 0 Å². The van der Waals surface area contributed by atoms with Crippen molar-refractivity contribution in [3.63, 3.8) is 0 Å². The molecule has 2 aromatic heterocycles. The molecule has 0 N–H and O–H groups in total. The number of hydrogen-bond acceptors (Lipinski definition) is 4. The van der Waals surface area contributed by atoms with Crippen molar-refractivity contribution in [2.45, 2.75) is 53.6 Å². The number of rotatable bonds is 10. The Hall–Kier alpha value is -4.05. The molecule has 0 saturated carbocycles. The van der Waals surface area contributed by atoms with Gasteiger partial charge in [-0.05, 0) is 14.1 Å². The van der Waals surface area contributed by atoms with Crippen LogP contribution in [0.15, 0.2) is 56.3 Å². The second kappa shape index (κ2) is 16.9. The first-order valence-electron chi connectivity index (χ1n) is 20.7. The van der Waals surface area contributed by atoms with E-state index in [2.05, 4.69) is 19.6 Å². The monoisotopic (exact) mass is 886 g/mol. The Morgan fingerprint density at radius 1 is 0.475 bits per heavy atom. The van der Waals surface area contributed by atoms with E-state index in [4.69, 9.17) is 0 Å². The van der Waals surface area contributed by atoms with Gasteiger partial charge in [0.05, 0.1) is 0 Å². The Morgan fingerprint density at radius 2 is 0.803 bits per heavy atom. The Bertz CT molecular complexity index is 2300. The first kappa shape index (κ1) is 43.6. The Labute approximate surface area is 355 Å². The van der Waals surface area contributed by atoms with Crippen LogP contribution in [0.4, 0.5) is 35.1 Å². The molecule has 0 amide bonds. The van der Waals surface area contributed by atoms with Gasteiger partial charge < -0.3 is 0 Å². The van der Waals surface area contributed by atoms with Crippen molar-refractivity contribution in [1.82, 2.24) is 28.7 Å². The SMILES string of the molecule is Cc1cc(CN2CCN(C)CC2)c(C)n1-c1c(F)c(F)[c]([Ti]([C]2=CC=CC2)([C]2=CC=CC2)[c]2c(F)c(F)c(-n3c(C)cc(CN4CCN(C)CC4)c3C)c(F)c2F)c(F)c1F. The zero-order valence-corrected chi connectivity index (χ0v) is 36.9. The van der Waals surface area contributed by atoms with Crippen LogP contribution in [0.3, 0.4) is 0 Å². The van der Waals surface area contributed by atoms with E-state index in [1.807, 2.05) is 14.1 Å². The summed E-state index contributed by atoms with van der Waals surface area (Å²) in [7, 11) is 4.03. The molecule has 8 rings (SSSR count). The summed E-state index contributed by atoms with van der Waals surface area (Å²) in [6, 6.07) is 3.42. The molecule has 6 nitrogen and oxygen atoms in total. The van der Waals surface area contributed by atoms with E-state index in [0.717, 1.165) is 61.5 Å². The zero-order chi connectivity index (χ0) is 43.7. The molecule has 0 bridgehead atoms. The molecule has 0 atom stereocenters. The number of benzene rings is 2. The van der Waals surface area contributed by atoms with Crippen molar-refractivity contribution in [3.8, 4) is 11.4 Å². The minimum atomic E-state index is -6.08. The van der Waals surface area contributed by atoms with Crippen LogP contribution >= 0.6 is 0 Å². The van der Waals surface area contributed by atoms with Gasteiger partial charge in [0.15, 0.2) is 0 Å². The number of halogens is 8. The Morgan fingerprint density at radius 3 is 1.10 bits per heavy atom. The molecule has 2 aliphatic carbocycles. The van der Waals surface area contributed by atoms with Crippen molar-refractivity contribution in [1.29, 1.82) is 0 Å². The number of allylic oxidation sites excluding steroid dienone is 8. The number of nitrogens with zero attached hydrogens (tertiary/aromatic N) is 6. The first-order valence-corrected chi connectivity index (χ1v) is 23.8. The van der Waals surface area contributed by atoms with Gasteiger partial charge in [-0.2, -0.15) is 0 Å². The summed E-state index contributed by atoms with van der Waals surface area (Å²) in [4.78, 5) is 8.72. The fourth-order valence-corrected chi connectivity index (χ4v) is 18.1. The number of aromatic nitrogens is 2. The minimum absolute atomic E-state index is 0.0502. The summed E-state index contributed by atoms with van der Waals surface area (Å²) < 4.78 is 137. The summed E-state index contributed by atoms with van der Waals surface area (Å²) >= 11 is -6.08. The molecule has 2 aromatic carbocycles. The van der Waals surface area contributed by atoms with Gasteiger partial charge in [0, 0.05) is 0 Å². The molecular weight excluding hydrogens is 836 g/mol. The molecule has 2 fully saturated rings. The van der Waals surface area contributed by atoms with Crippen LogP contribution < -0.4 is 7.74 Å². The van der Waals surface area contributed by atoms with E-state index in [1.54, 1.807) is 52.0 Å². The van der Waals surface area contributed by atoms with E-state index >= 15 is 35.1 Å². The number of piperazine rings is 2. The second-order valence-electron chi connectivity index (χ2n) is 17.0. The first-order chi connectivity index (χ1) is 29.1. The van der Waals surface area contributed by atoms with Gasteiger partial charge in [0.25, 0.3) is 0 Å². The van der Waals surface area contributed by atoms with Crippen molar-refractivity contribution < 1.29 is 51.7 Å². The van der Waals surface area contributed by atoms with Crippen LogP contribution in [0.1, 0.15) is 46.7 Å². The average molecular weight is 887 g/mol. The quantitative estimate of drug-likeness (QED) is 0.0919. The molecule has 4 heterocycles. The van der Waals surface area contributed by atoms with Crippen molar-refractivity contribution in [3.05, 3.63) is 137 Å². The van der Waals surface area contributed by atoms with Gasteiger partial charge in [-0.25, -0.2) is 0 Å². The summed E-state index contributed by atoms with van der Waals surface area (Å²) in [5.74, 6) is -14.6. The van der Waals surface area contributed by atoms with E-state index in [1.165, 1.54) is 24.3 Å². The van der Waals surface area contributed by atoms with Gasteiger partial charge in [-0.15, -0.1) is 0 Å². The zero-order valence-electron chi connectivity index (χ0n) is 35.3. The van der Waals surface area contributed by atoms with Gasteiger partial charge in [-0.3, -0.25) is 0 Å². The van der Waals surface area contributed by atoms with Crippen LogP contribution in [0.25, 0.3) is 11.4 Å². The van der Waals surface area contributed by atoms with Crippen LogP contribution in [-0.4, -0.2) is 95.2 Å². The molecule has 324 valence electrons. The third-order valence-electron chi connectivity index (χ3n) is 13.2. The van der Waals surface area contributed by atoms with E-state index in [9.17, 15) is 0 Å². The van der Waals surface area contributed by atoms with Gasteiger partial charge in [0.1, 0.15) is 0 Å². The molecule has 15 heteroatoms. The summed E-state index contributed by atoms with van der Waals surface area (Å²) in [6.07, 6.45) is 8.65. The predicted octanol–water partition coefficient (Wildman–Crippen LogP) is 7.90. The number of likely N-dealkylation sites (N-methyl/N-ethyl adjacent to an activating group) is 2. The molecule has 0 spiro atoms. The van der Waals surface area contributed by atoms with Gasteiger partial charge >= 0.3 is 342 Å². The van der Waals surface area contributed by atoms with Crippen molar-refractivity contribution in [2.24, 2.45) is 0 Å². The fourth-order valence-electron chi connectivity index (χ4n) is 9.88. The molecule has 0 radical (unpaired) electrons. The molecule has 2 saturated heterocycles. The van der Waals surface area contributed by atoms with Crippen LogP contribution in [0.5, 0.6) is 0 Å². The Balaban J connectivity index is 1.32. The van der Waals surface area contributed by atoms with E-state index < -0.39 is 82.2 Å². The third-order valence-corrected chi connectivity index (χ3v) is 21.1. The summed E-state index contributed by atoms with van der Waals surface area (Å²) in [5, 5.41) is 0. The summed E-state index contributed by atoms with van der Waals surface area (Å²) in [6.45, 7) is 13.5. The molecule has 4 aliphatic rings. The van der Waals surface area contributed by atoms with E-state index in [0.29, 0.717) is 47.0 Å². The maximum absolute atomic E-state index is 17.4. The second-order valence-corrected chi connectivity index (χ2v) is 22.9. The van der Waals surface area contributed by atoms with Crippen molar-refractivity contribution >= 4 is 7.74 Å². The standard InChI is InChI=1S/2C18H20F4N3.2C5H5.Ti/c2*1-11-8-13(10-24-6-4-23(3)5-7-24)12(2)25(11)18-16(21)14(19)9-15(20)17(18)22;2*1-2-4-5-3-1;/h2*8H,4-7,10H2,1-3H3;2*1-3H,4H2;. The van der Waals surface area contributed by atoms with E-state index in [-0.39, 0.29) is 20.6 Å². The maximum atomic E-state index is 17.4. The average Bonchev–Trinajstić information content (AvgIpc) is 4.06. The molecule has 61 heavy (non-hydrogen) atoms. The Kier molecular flexibility index (Phi) is 12.1. The number of hydrogen-bond donors (Lipinski definition) is 0. The molecule has 2 aliphatic heterocycles. The predicted molar refractivity (Wildman–Crippen MR) is 219 cm³/mol. The topological polar surface area (TPSA) is 22.8 Å². The molecule has 0 unspecified atom stereocenters. The van der Waals surface area contributed by atoms with Crippen molar-refractivity contribution in [2.75, 3.05) is 66.5 Å².